The van der Waals surface area contributed by atoms with Crippen LogP contribution in [-0.4, -0.2) is 32.1 Å². The maximum absolute atomic E-state index is 4.38. The molecule has 1 aliphatic rings. The number of nitrogens with zero attached hydrogens (tertiary/aromatic N) is 2. The van der Waals surface area contributed by atoms with Crippen LogP contribution in [0.4, 0.5) is 5.00 Å². The summed E-state index contributed by atoms with van der Waals surface area (Å²) >= 11 is 1.83. The van der Waals surface area contributed by atoms with Gasteiger partial charge in [0.25, 0.3) is 0 Å². The van der Waals surface area contributed by atoms with Crippen LogP contribution < -0.4 is 15.5 Å². The van der Waals surface area contributed by atoms with E-state index in [2.05, 4.69) is 69.2 Å². The summed E-state index contributed by atoms with van der Waals surface area (Å²) in [5.41, 5.74) is 2.62. The molecule has 0 saturated carbocycles. The number of rotatable bonds is 4. The zero-order valence-electron chi connectivity index (χ0n) is 14.9. The molecule has 3 rings (SSSR count). The average molecular weight is 470 g/mol. The van der Waals surface area contributed by atoms with Gasteiger partial charge in [0, 0.05) is 32.7 Å². The molecule has 1 fully saturated rings. The highest BCUT2D eigenvalue weighted by molar-refractivity contribution is 14.0. The van der Waals surface area contributed by atoms with Gasteiger partial charge in [-0.1, -0.05) is 24.3 Å². The van der Waals surface area contributed by atoms with E-state index >= 15 is 0 Å². The standard InChI is InChI=1S/C19H26N4S.HI/c1-15-6-3-4-7-16(15)14-21-19(20-2)22-17-9-11-23(12-10-17)18-8-5-13-24-18;/h3-8,13,17H,9-12,14H2,1-2H3,(H2,20,21,22);1H. The van der Waals surface area contributed by atoms with E-state index in [1.807, 2.05) is 18.4 Å². The van der Waals surface area contributed by atoms with Gasteiger partial charge < -0.3 is 15.5 Å². The topological polar surface area (TPSA) is 39.7 Å². The van der Waals surface area contributed by atoms with Gasteiger partial charge in [-0.2, -0.15) is 0 Å². The van der Waals surface area contributed by atoms with Crippen LogP contribution in [-0.2, 0) is 6.54 Å². The Morgan fingerprint density at radius 1 is 1.20 bits per heavy atom. The molecule has 1 saturated heterocycles. The molecular weight excluding hydrogens is 443 g/mol. The highest BCUT2D eigenvalue weighted by Gasteiger charge is 2.20. The smallest absolute Gasteiger partial charge is 0.191 e. The number of anilines is 1. The van der Waals surface area contributed by atoms with Crippen molar-refractivity contribution < 1.29 is 0 Å². The van der Waals surface area contributed by atoms with Crippen LogP contribution in [0.3, 0.4) is 0 Å². The third kappa shape index (κ3) is 5.60. The summed E-state index contributed by atoms with van der Waals surface area (Å²) in [6.07, 6.45) is 2.28. The number of hydrogen-bond acceptors (Lipinski definition) is 3. The third-order valence-corrected chi connectivity index (χ3v) is 5.51. The van der Waals surface area contributed by atoms with Crippen LogP contribution in [0.15, 0.2) is 46.8 Å². The first-order chi connectivity index (χ1) is 11.8. The molecule has 1 aliphatic heterocycles. The Labute approximate surface area is 171 Å². The maximum Gasteiger partial charge on any atom is 0.191 e. The Morgan fingerprint density at radius 2 is 1.96 bits per heavy atom. The third-order valence-electron chi connectivity index (χ3n) is 4.58. The Balaban J connectivity index is 0.00000225. The fraction of sp³-hybridized carbons (Fsp3) is 0.421. The normalized spacial score (nSPS) is 15.6. The quantitative estimate of drug-likeness (QED) is 0.403. The van der Waals surface area contributed by atoms with Crippen LogP contribution >= 0.6 is 35.3 Å². The van der Waals surface area contributed by atoms with Crippen LogP contribution in [0.2, 0.25) is 0 Å². The zero-order valence-corrected chi connectivity index (χ0v) is 18.0. The van der Waals surface area contributed by atoms with E-state index < -0.39 is 0 Å². The highest BCUT2D eigenvalue weighted by Crippen LogP contribution is 2.24. The fourth-order valence-corrected chi connectivity index (χ4v) is 3.85. The van der Waals surface area contributed by atoms with Crippen LogP contribution in [0, 0.1) is 6.92 Å². The molecule has 1 aromatic carbocycles. The van der Waals surface area contributed by atoms with Crippen molar-refractivity contribution in [3.8, 4) is 0 Å². The molecule has 6 heteroatoms. The SMILES string of the molecule is CN=C(NCc1ccccc1C)NC1CCN(c2cccs2)CC1.I. The lowest BCUT2D eigenvalue weighted by atomic mass is 10.1. The van der Waals surface area contributed by atoms with Crippen LogP contribution in [0.1, 0.15) is 24.0 Å². The van der Waals surface area contributed by atoms with E-state index in [0.717, 1.165) is 38.4 Å². The van der Waals surface area contributed by atoms with Crippen molar-refractivity contribution >= 4 is 46.3 Å². The van der Waals surface area contributed by atoms with Crippen molar-refractivity contribution in [1.29, 1.82) is 0 Å². The summed E-state index contributed by atoms with van der Waals surface area (Å²) < 4.78 is 0. The van der Waals surface area contributed by atoms with Crippen molar-refractivity contribution in [3.05, 3.63) is 52.9 Å². The predicted molar refractivity (Wildman–Crippen MR) is 119 cm³/mol. The van der Waals surface area contributed by atoms with E-state index in [4.69, 9.17) is 0 Å². The molecule has 25 heavy (non-hydrogen) atoms. The number of benzene rings is 1. The summed E-state index contributed by atoms with van der Waals surface area (Å²) in [4.78, 5) is 6.86. The monoisotopic (exact) mass is 470 g/mol. The second-order valence-electron chi connectivity index (χ2n) is 6.21. The number of thiophene rings is 1. The molecule has 2 heterocycles. The number of aryl methyl sites for hydroxylation is 1. The second kappa shape index (κ2) is 10.0. The van der Waals surface area contributed by atoms with Gasteiger partial charge in [0.1, 0.15) is 0 Å². The highest BCUT2D eigenvalue weighted by atomic mass is 127. The zero-order chi connectivity index (χ0) is 16.8. The Morgan fingerprint density at radius 3 is 2.60 bits per heavy atom. The molecule has 4 nitrogen and oxygen atoms in total. The van der Waals surface area contributed by atoms with Crippen LogP contribution in [0.5, 0.6) is 0 Å². The van der Waals surface area contributed by atoms with Gasteiger partial charge >= 0.3 is 0 Å². The van der Waals surface area contributed by atoms with Gasteiger partial charge in [0.15, 0.2) is 5.96 Å². The number of guanidine groups is 1. The molecule has 0 bridgehead atoms. The van der Waals surface area contributed by atoms with Gasteiger partial charge in [-0.15, -0.1) is 35.3 Å². The van der Waals surface area contributed by atoms with Gasteiger partial charge in [-0.25, -0.2) is 0 Å². The first-order valence-corrected chi connectivity index (χ1v) is 9.44. The molecule has 2 aromatic rings. The van der Waals surface area contributed by atoms with E-state index in [1.54, 1.807) is 0 Å². The number of halogens is 1. The number of piperidine rings is 1. The summed E-state index contributed by atoms with van der Waals surface area (Å²) in [6.45, 7) is 5.16. The van der Waals surface area contributed by atoms with E-state index in [9.17, 15) is 0 Å². The average Bonchev–Trinajstić information content (AvgIpc) is 3.15. The molecule has 0 spiro atoms. The molecule has 2 N–H and O–H groups in total. The van der Waals surface area contributed by atoms with Gasteiger partial charge in [0.2, 0.25) is 0 Å². The lowest BCUT2D eigenvalue weighted by Gasteiger charge is -2.33. The molecular formula is C19H27IN4S. The predicted octanol–water partition coefficient (Wildman–Crippen LogP) is 4.01. The van der Waals surface area contributed by atoms with Crippen molar-refractivity contribution in [3.63, 3.8) is 0 Å². The van der Waals surface area contributed by atoms with Crippen molar-refractivity contribution in [1.82, 2.24) is 10.6 Å². The minimum absolute atomic E-state index is 0. The molecule has 0 amide bonds. The Bertz CT molecular complexity index is 664. The van der Waals surface area contributed by atoms with Crippen molar-refractivity contribution in [2.24, 2.45) is 4.99 Å². The van der Waals surface area contributed by atoms with E-state index in [-0.39, 0.29) is 24.0 Å². The van der Waals surface area contributed by atoms with Crippen molar-refractivity contribution in [2.75, 3.05) is 25.0 Å². The molecule has 0 aliphatic carbocycles. The first-order valence-electron chi connectivity index (χ1n) is 8.56. The molecule has 0 unspecified atom stereocenters. The Hall–Kier alpha value is -1.28. The van der Waals surface area contributed by atoms with Gasteiger partial charge in [0.05, 0.1) is 5.00 Å². The largest absolute Gasteiger partial charge is 0.363 e. The van der Waals surface area contributed by atoms with Gasteiger partial charge in [-0.05, 0) is 48.4 Å². The summed E-state index contributed by atoms with van der Waals surface area (Å²) in [7, 11) is 1.84. The van der Waals surface area contributed by atoms with E-state index in [0.29, 0.717) is 6.04 Å². The van der Waals surface area contributed by atoms with Gasteiger partial charge in [-0.3, -0.25) is 4.99 Å². The summed E-state index contributed by atoms with van der Waals surface area (Å²) in [5, 5.41) is 10.6. The minimum Gasteiger partial charge on any atom is -0.363 e. The minimum atomic E-state index is 0. The number of nitrogens with one attached hydrogen (secondary N) is 2. The number of aliphatic imine (C=N–C) groups is 1. The molecule has 1 aromatic heterocycles. The summed E-state index contributed by atoms with van der Waals surface area (Å²) in [6, 6.07) is 13.3. The fourth-order valence-electron chi connectivity index (χ4n) is 3.07. The second-order valence-corrected chi connectivity index (χ2v) is 7.14. The van der Waals surface area contributed by atoms with Crippen LogP contribution in [0.25, 0.3) is 0 Å². The molecule has 136 valence electrons. The lowest BCUT2D eigenvalue weighted by molar-refractivity contribution is 0.462. The van der Waals surface area contributed by atoms with E-state index in [1.165, 1.54) is 16.1 Å². The Kier molecular flexibility index (Phi) is 8.02. The lowest BCUT2D eigenvalue weighted by Crippen LogP contribution is -2.48. The molecule has 0 atom stereocenters. The summed E-state index contributed by atoms with van der Waals surface area (Å²) in [5.74, 6) is 0.896. The number of hydrogen-bond donors (Lipinski definition) is 2. The van der Waals surface area contributed by atoms with Crippen molar-refractivity contribution in [2.45, 2.75) is 32.4 Å². The molecule has 0 radical (unpaired) electrons. The maximum atomic E-state index is 4.38. The first kappa shape index (κ1) is 20.0.